The first kappa shape index (κ1) is 15.6. The predicted molar refractivity (Wildman–Crippen MR) is 76.4 cm³/mol. The van der Waals surface area contributed by atoms with Gasteiger partial charge in [-0.15, -0.1) is 0 Å². The maximum absolute atomic E-state index is 13.3. The van der Waals surface area contributed by atoms with Crippen LogP contribution in [0, 0.1) is 5.82 Å². The van der Waals surface area contributed by atoms with Crippen LogP contribution in [0.5, 0.6) is 0 Å². The van der Waals surface area contributed by atoms with Gasteiger partial charge in [0.05, 0.1) is 6.10 Å². The molecule has 4 heteroatoms. The molecule has 0 saturated carbocycles. The molecule has 2 unspecified atom stereocenters. The lowest BCUT2D eigenvalue weighted by atomic mass is 10.0. The van der Waals surface area contributed by atoms with Crippen molar-refractivity contribution in [1.29, 1.82) is 0 Å². The smallest absolute Gasteiger partial charge is 0.123 e. The molecule has 0 fully saturated rings. The molecular formula is C14H21BrFNO. The molecule has 0 aliphatic heterocycles. The summed E-state index contributed by atoms with van der Waals surface area (Å²) in [5.41, 5.74) is 0.965. The van der Waals surface area contributed by atoms with Crippen molar-refractivity contribution < 1.29 is 9.13 Å². The first-order valence-corrected chi connectivity index (χ1v) is 7.07. The quantitative estimate of drug-likeness (QED) is 0.830. The van der Waals surface area contributed by atoms with E-state index >= 15 is 0 Å². The third kappa shape index (κ3) is 4.67. The van der Waals surface area contributed by atoms with Crippen molar-refractivity contribution in [2.75, 3.05) is 13.7 Å². The van der Waals surface area contributed by atoms with Gasteiger partial charge in [0.15, 0.2) is 0 Å². The molecule has 102 valence electrons. The Morgan fingerprint density at radius 1 is 1.44 bits per heavy atom. The van der Waals surface area contributed by atoms with Crippen LogP contribution in [0.3, 0.4) is 0 Å². The molecule has 0 heterocycles. The summed E-state index contributed by atoms with van der Waals surface area (Å²) < 4.78 is 19.6. The molecule has 1 aromatic carbocycles. The van der Waals surface area contributed by atoms with E-state index in [1.165, 1.54) is 6.07 Å². The van der Waals surface area contributed by atoms with Crippen molar-refractivity contribution >= 4 is 15.9 Å². The highest BCUT2D eigenvalue weighted by atomic mass is 79.9. The summed E-state index contributed by atoms with van der Waals surface area (Å²) in [6, 6.07) is 4.97. The number of rotatable bonds is 7. The van der Waals surface area contributed by atoms with E-state index in [0.29, 0.717) is 0 Å². The monoisotopic (exact) mass is 317 g/mol. The predicted octanol–water partition coefficient (Wildman–Crippen LogP) is 3.53. The Hall–Kier alpha value is -0.450. The van der Waals surface area contributed by atoms with Gasteiger partial charge in [0.25, 0.3) is 0 Å². The van der Waals surface area contributed by atoms with Gasteiger partial charge in [-0.1, -0.05) is 22.9 Å². The fourth-order valence-electron chi connectivity index (χ4n) is 1.83. The van der Waals surface area contributed by atoms with Crippen molar-refractivity contribution in [2.24, 2.45) is 0 Å². The van der Waals surface area contributed by atoms with Gasteiger partial charge in [0.1, 0.15) is 5.82 Å². The minimum atomic E-state index is -0.201. The van der Waals surface area contributed by atoms with Crippen LogP contribution in [0.15, 0.2) is 22.7 Å². The number of ether oxygens (including phenoxy) is 1. The van der Waals surface area contributed by atoms with E-state index in [2.05, 4.69) is 28.2 Å². The second-order valence-electron chi connectivity index (χ2n) is 4.44. The minimum absolute atomic E-state index is 0.0896. The molecule has 1 rings (SSSR count). The highest BCUT2D eigenvalue weighted by Gasteiger charge is 2.18. The van der Waals surface area contributed by atoms with E-state index < -0.39 is 0 Å². The SMILES string of the molecule is CCCNC(Cc1cc(F)ccc1Br)C(C)OC. The molecule has 0 amide bonds. The van der Waals surface area contributed by atoms with Gasteiger partial charge >= 0.3 is 0 Å². The van der Waals surface area contributed by atoms with Crippen molar-refractivity contribution in [1.82, 2.24) is 5.32 Å². The average Bonchev–Trinajstić information content (AvgIpc) is 2.37. The van der Waals surface area contributed by atoms with Crippen LogP contribution in [0.4, 0.5) is 4.39 Å². The zero-order valence-corrected chi connectivity index (χ0v) is 12.8. The standard InChI is InChI=1S/C14H21BrFNO/c1-4-7-17-14(10(2)18-3)9-11-8-12(16)5-6-13(11)15/h5-6,8,10,14,17H,4,7,9H2,1-3H3. The van der Waals surface area contributed by atoms with E-state index in [1.54, 1.807) is 19.2 Å². The third-order valence-corrected chi connectivity index (χ3v) is 3.82. The van der Waals surface area contributed by atoms with Crippen LogP contribution < -0.4 is 5.32 Å². The first-order valence-electron chi connectivity index (χ1n) is 6.28. The zero-order chi connectivity index (χ0) is 13.5. The lowest BCUT2D eigenvalue weighted by molar-refractivity contribution is 0.0830. The molecule has 0 radical (unpaired) electrons. The molecule has 0 spiro atoms. The van der Waals surface area contributed by atoms with Crippen LogP contribution >= 0.6 is 15.9 Å². The molecule has 18 heavy (non-hydrogen) atoms. The Kier molecular flexibility index (Phi) is 6.82. The van der Waals surface area contributed by atoms with Crippen LogP contribution in [0.25, 0.3) is 0 Å². The Bertz CT molecular complexity index is 373. The zero-order valence-electron chi connectivity index (χ0n) is 11.2. The normalized spacial score (nSPS) is 14.5. The Morgan fingerprint density at radius 3 is 2.78 bits per heavy atom. The second kappa shape index (κ2) is 7.87. The summed E-state index contributed by atoms with van der Waals surface area (Å²) >= 11 is 3.46. The summed E-state index contributed by atoms with van der Waals surface area (Å²) in [5.74, 6) is -0.201. The molecule has 0 saturated heterocycles. The summed E-state index contributed by atoms with van der Waals surface area (Å²) in [7, 11) is 1.70. The molecule has 0 aliphatic carbocycles. The summed E-state index contributed by atoms with van der Waals surface area (Å²) in [6.45, 7) is 5.09. The minimum Gasteiger partial charge on any atom is -0.380 e. The lowest BCUT2D eigenvalue weighted by Crippen LogP contribution is -2.41. The van der Waals surface area contributed by atoms with Crippen molar-refractivity contribution in [3.8, 4) is 0 Å². The molecule has 1 N–H and O–H groups in total. The second-order valence-corrected chi connectivity index (χ2v) is 5.30. The number of benzene rings is 1. The van der Waals surface area contributed by atoms with Gasteiger partial charge in [-0.25, -0.2) is 4.39 Å². The van der Waals surface area contributed by atoms with E-state index in [4.69, 9.17) is 4.74 Å². The maximum atomic E-state index is 13.3. The van der Waals surface area contributed by atoms with Gasteiger partial charge in [-0.05, 0) is 50.1 Å². The van der Waals surface area contributed by atoms with Gasteiger partial charge in [-0.3, -0.25) is 0 Å². The molecule has 0 aromatic heterocycles. The number of methoxy groups -OCH3 is 1. The summed E-state index contributed by atoms with van der Waals surface area (Å²) in [5, 5.41) is 3.45. The van der Waals surface area contributed by atoms with Gasteiger partial charge in [0, 0.05) is 17.6 Å². The van der Waals surface area contributed by atoms with Crippen molar-refractivity contribution in [3.05, 3.63) is 34.1 Å². The Balaban J connectivity index is 2.77. The average molecular weight is 318 g/mol. The van der Waals surface area contributed by atoms with E-state index in [1.807, 2.05) is 6.92 Å². The van der Waals surface area contributed by atoms with Crippen LogP contribution in [-0.4, -0.2) is 25.8 Å². The molecule has 2 nitrogen and oxygen atoms in total. The van der Waals surface area contributed by atoms with Crippen LogP contribution in [0.2, 0.25) is 0 Å². The number of hydrogen-bond acceptors (Lipinski definition) is 2. The van der Waals surface area contributed by atoms with Gasteiger partial charge in [-0.2, -0.15) is 0 Å². The Labute approximate surface area is 117 Å². The van der Waals surface area contributed by atoms with Gasteiger partial charge < -0.3 is 10.1 Å². The fourth-order valence-corrected chi connectivity index (χ4v) is 2.24. The first-order chi connectivity index (χ1) is 8.58. The third-order valence-electron chi connectivity index (χ3n) is 3.04. The Morgan fingerprint density at radius 2 is 2.17 bits per heavy atom. The lowest BCUT2D eigenvalue weighted by Gasteiger charge is -2.24. The number of nitrogens with one attached hydrogen (secondary N) is 1. The molecule has 1 aromatic rings. The molecule has 2 atom stereocenters. The molecular weight excluding hydrogens is 297 g/mol. The van der Waals surface area contributed by atoms with E-state index in [0.717, 1.165) is 29.4 Å². The van der Waals surface area contributed by atoms with Gasteiger partial charge in [0.2, 0.25) is 0 Å². The van der Waals surface area contributed by atoms with Crippen LogP contribution in [0.1, 0.15) is 25.8 Å². The number of hydrogen-bond donors (Lipinski definition) is 1. The molecule has 0 bridgehead atoms. The number of halogens is 2. The highest BCUT2D eigenvalue weighted by Crippen LogP contribution is 2.20. The van der Waals surface area contributed by atoms with E-state index in [9.17, 15) is 4.39 Å². The van der Waals surface area contributed by atoms with Crippen molar-refractivity contribution in [2.45, 2.75) is 38.8 Å². The largest absolute Gasteiger partial charge is 0.380 e. The molecule has 0 aliphatic rings. The summed E-state index contributed by atoms with van der Waals surface area (Å²) in [6.07, 6.45) is 1.90. The summed E-state index contributed by atoms with van der Waals surface area (Å²) in [4.78, 5) is 0. The van der Waals surface area contributed by atoms with E-state index in [-0.39, 0.29) is 18.0 Å². The van der Waals surface area contributed by atoms with Crippen LogP contribution in [-0.2, 0) is 11.2 Å². The topological polar surface area (TPSA) is 21.3 Å². The fraction of sp³-hybridized carbons (Fsp3) is 0.571. The van der Waals surface area contributed by atoms with Crippen molar-refractivity contribution in [3.63, 3.8) is 0 Å². The highest BCUT2D eigenvalue weighted by molar-refractivity contribution is 9.10. The maximum Gasteiger partial charge on any atom is 0.123 e.